The highest BCUT2D eigenvalue weighted by molar-refractivity contribution is 5.81. The van der Waals surface area contributed by atoms with Crippen LogP contribution in [0.3, 0.4) is 0 Å². The van der Waals surface area contributed by atoms with Crippen LogP contribution in [0.2, 0.25) is 0 Å². The maximum absolute atomic E-state index is 2.53. The van der Waals surface area contributed by atoms with Crippen molar-refractivity contribution in [1.82, 2.24) is 0 Å². The monoisotopic (exact) mass is 510 g/mol. The molecule has 0 heterocycles. The SMILES string of the molecule is CCCCCCCCC1(CCCCCCCC)c2cc(C)ccc2-c2ccc(C)cc21.Cc1ccccc1. The smallest absolute Gasteiger partial charge is 0.0215 e. The first-order valence-corrected chi connectivity index (χ1v) is 15.8. The van der Waals surface area contributed by atoms with Gasteiger partial charge in [-0.25, -0.2) is 0 Å². The average molecular weight is 511 g/mol. The first kappa shape index (κ1) is 30.2. The molecule has 0 saturated carbocycles. The normalized spacial score (nSPS) is 13.0. The number of fused-ring (bicyclic) bond motifs is 3. The Bertz CT molecular complexity index is 1000. The van der Waals surface area contributed by atoms with Crippen molar-refractivity contribution in [3.05, 3.63) is 94.5 Å². The molecule has 0 bridgehead atoms. The Morgan fingerprint density at radius 2 is 0.868 bits per heavy atom. The molecule has 0 heteroatoms. The zero-order chi connectivity index (χ0) is 27.2. The summed E-state index contributed by atoms with van der Waals surface area (Å²) in [5.74, 6) is 0. The summed E-state index contributed by atoms with van der Waals surface area (Å²) >= 11 is 0. The minimum Gasteiger partial charge on any atom is -0.0654 e. The molecule has 38 heavy (non-hydrogen) atoms. The number of benzene rings is 3. The third-order valence-corrected chi connectivity index (χ3v) is 8.53. The van der Waals surface area contributed by atoms with E-state index in [4.69, 9.17) is 0 Å². The van der Waals surface area contributed by atoms with Crippen LogP contribution in [0.25, 0.3) is 11.1 Å². The van der Waals surface area contributed by atoms with Crippen molar-refractivity contribution in [3.63, 3.8) is 0 Å². The van der Waals surface area contributed by atoms with E-state index in [1.807, 2.05) is 18.2 Å². The molecule has 0 radical (unpaired) electrons. The van der Waals surface area contributed by atoms with Gasteiger partial charge >= 0.3 is 0 Å². The van der Waals surface area contributed by atoms with Gasteiger partial charge in [-0.2, -0.15) is 0 Å². The van der Waals surface area contributed by atoms with Crippen LogP contribution >= 0.6 is 0 Å². The molecule has 1 aliphatic carbocycles. The van der Waals surface area contributed by atoms with Crippen molar-refractivity contribution in [3.8, 4) is 11.1 Å². The zero-order valence-electron chi connectivity index (χ0n) is 25.3. The molecule has 0 fully saturated rings. The fourth-order valence-electron chi connectivity index (χ4n) is 6.34. The van der Waals surface area contributed by atoms with E-state index in [2.05, 4.69) is 83.1 Å². The largest absolute Gasteiger partial charge is 0.0654 e. The molecule has 1 aliphatic rings. The van der Waals surface area contributed by atoms with Crippen LogP contribution in [-0.2, 0) is 5.41 Å². The summed E-state index contributed by atoms with van der Waals surface area (Å²) < 4.78 is 0. The molecule has 3 aromatic rings. The Morgan fingerprint density at radius 3 is 1.26 bits per heavy atom. The number of hydrogen-bond acceptors (Lipinski definition) is 0. The lowest BCUT2D eigenvalue weighted by molar-refractivity contribution is 0.397. The number of hydrogen-bond donors (Lipinski definition) is 0. The van der Waals surface area contributed by atoms with E-state index in [-0.39, 0.29) is 5.41 Å². The topological polar surface area (TPSA) is 0 Å². The second-order valence-corrected chi connectivity index (χ2v) is 11.9. The van der Waals surface area contributed by atoms with Gasteiger partial charge in [0.2, 0.25) is 0 Å². The maximum atomic E-state index is 2.53. The fourth-order valence-corrected chi connectivity index (χ4v) is 6.34. The molecule has 0 unspecified atom stereocenters. The van der Waals surface area contributed by atoms with E-state index in [0.717, 1.165) is 0 Å². The number of rotatable bonds is 14. The molecule has 0 spiro atoms. The van der Waals surface area contributed by atoms with Crippen LogP contribution in [-0.4, -0.2) is 0 Å². The van der Waals surface area contributed by atoms with Crippen LogP contribution < -0.4 is 0 Å². The average Bonchev–Trinajstić information content (AvgIpc) is 3.17. The standard InChI is InChI=1S/C31H46.C7H8/c1-5-7-9-11-13-15-21-31(22-16-14-12-10-8-6-2)29-23-25(3)17-19-27(29)28-20-18-26(4)24-30(28)31;1-7-5-3-2-4-6-7/h17-20,23-24H,5-16,21-22H2,1-4H3;2-6H,1H3. The zero-order valence-corrected chi connectivity index (χ0v) is 25.3. The van der Waals surface area contributed by atoms with E-state index in [0.29, 0.717) is 0 Å². The Labute approximate surface area is 235 Å². The molecule has 0 aliphatic heterocycles. The predicted octanol–water partition coefficient (Wildman–Crippen LogP) is 12.1. The fraction of sp³-hybridized carbons (Fsp3) is 0.526. The summed E-state index contributed by atoms with van der Waals surface area (Å²) in [5, 5.41) is 0. The van der Waals surface area contributed by atoms with Crippen LogP contribution in [0, 0.1) is 20.8 Å². The number of aryl methyl sites for hydroxylation is 3. The van der Waals surface area contributed by atoms with E-state index in [9.17, 15) is 0 Å². The summed E-state index contributed by atoms with van der Waals surface area (Å²) in [6.45, 7) is 11.3. The van der Waals surface area contributed by atoms with Crippen molar-refractivity contribution in [2.45, 2.75) is 130 Å². The Hall–Kier alpha value is -2.34. The summed E-state index contributed by atoms with van der Waals surface area (Å²) in [4.78, 5) is 0. The minimum atomic E-state index is 0.234. The van der Waals surface area contributed by atoms with Gasteiger partial charge in [-0.3, -0.25) is 0 Å². The van der Waals surface area contributed by atoms with Gasteiger partial charge in [-0.1, -0.05) is 174 Å². The van der Waals surface area contributed by atoms with Crippen LogP contribution in [0.4, 0.5) is 0 Å². The lowest BCUT2D eigenvalue weighted by Gasteiger charge is -2.33. The molecule has 0 aromatic heterocycles. The molecule has 0 nitrogen and oxygen atoms in total. The quantitative estimate of drug-likeness (QED) is 0.189. The lowest BCUT2D eigenvalue weighted by atomic mass is 9.70. The van der Waals surface area contributed by atoms with Crippen molar-refractivity contribution < 1.29 is 0 Å². The van der Waals surface area contributed by atoms with Crippen LogP contribution in [0.15, 0.2) is 66.7 Å². The van der Waals surface area contributed by atoms with Gasteiger partial charge in [-0.15, -0.1) is 0 Å². The maximum Gasteiger partial charge on any atom is 0.0215 e. The highest BCUT2D eigenvalue weighted by Gasteiger charge is 2.42. The summed E-state index contributed by atoms with van der Waals surface area (Å²) in [6.07, 6.45) is 19.2. The Kier molecular flexibility index (Phi) is 12.7. The molecule has 206 valence electrons. The van der Waals surface area contributed by atoms with Crippen LogP contribution in [0.5, 0.6) is 0 Å². The molecule has 0 N–H and O–H groups in total. The van der Waals surface area contributed by atoms with E-state index in [1.54, 1.807) is 11.1 Å². The van der Waals surface area contributed by atoms with Crippen LogP contribution in [0.1, 0.15) is 132 Å². The van der Waals surface area contributed by atoms with E-state index >= 15 is 0 Å². The summed E-state index contributed by atoms with van der Waals surface area (Å²) in [7, 11) is 0. The summed E-state index contributed by atoms with van der Waals surface area (Å²) in [5.41, 5.74) is 10.7. The van der Waals surface area contributed by atoms with Gasteiger partial charge in [0, 0.05) is 5.41 Å². The molecule has 0 atom stereocenters. The Morgan fingerprint density at radius 1 is 0.447 bits per heavy atom. The first-order valence-electron chi connectivity index (χ1n) is 15.8. The van der Waals surface area contributed by atoms with Crippen molar-refractivity contribution >= 4 is 0 Å². The third kappa shape index (κ3) is 8.33. The number of unbranched alkanes of at least 4 members (excludes halogenated alkanes) is 10. The molecular weight excluding hydrogens is 456 g/mol. The lowest BCUT2D eigenvalue weighted by Crippen LogP contribution is -2.25. The van der Waals surface area contributed by atoms with Gasteiger partial charge in [-0.05, 0) is 55.9 Å². The van der Waals surface area contributed by atoms with Crippen molar-refractivity contribution in [1.29, 1.82) is 0 Å². The van der Waals surface area contributed by atoms with Gasteiger partial charge in [0.05, 0.1) is 0 Å². The minimum absolute atomic E-state index is 0.234. The van der Waals surface area contributed by atoms with Gasteiger partial charge in [0.1, 0.15) is 0 Å². The molecular formula is C38H54. The summed E-state index contributed by atoms with van der Waals surface area (Å²) in [6, 6.07) is 24.8. The van der Waals surface area contributed by atoms with Gasteiger partial charge < -0.3 is 0 Å². The second kappa shape index (κ2) is 15.9. The predicted molar refractivity (Wildman–Crippen MR) is 169 cm³/mol. The third-order valence-electron chi connectivity index (χ3n) is 8.53. The van der Waals surface area contributed by atoms with E-state index in [1.165, 1.54) is 118 Å². The van der Waals surface area contributed by atoms with Gasteiger partial charge in [0.25, 0.3) is 0 Å². The van der Waals surface area contributed by atoms with E-state index < -0.39 is 0 Å². The Balaban J connectivity index is 0.000000494. The molecule has 0 saturated heterocycles. The highest BCUT2D eigenvalue weighted by Crippen LogP contribution is 2.54. The molecule has 0 amide bonds. The van der Waals surface area contributed by atoms with Gasteiger partial charge in [0.15, 0.2) is 0 Å². The van der Waals surface area contributed by atoms with Crippen molar-refractivity contribution in [2.75, 3.05) is 0 Å². The second-order valence-electron chi connectivity index (χ2n) is 11.9. The highest BCUT2D eigenvalue weighted by atomic mass is 14.4. The molecule has 4 rings (SSSR count). The van der Waals surface area contributed by atoms with Crippen molar-refractivity contribution in [2.24, 2.45) is 0 Å². The molecule has 3 aromatic carbocycles. The first-order chi connectivity index (χ1) is 18.5.